The molecule has 0 aliphatic carbocycles. The molecule has 368 valence electrons. The zero-order valence-corrected chi connectivity index (χ0v) is 46.2. The van der Waals surface area contributed by atoms with Gasteiger partial charge in [-0.25, -0.2) is 8.42 Å². The highest BCUT2D eigenvalue weighted by Gasteiger charge is 2.44. The Morgan fingerprint density at radius 3 is 1.03 bits per heavy atom. The van der Waals surface area contributed by atoms with Crippen molar-refractivity contribution in [1.82, 2.24) is 0 Å². The summed E-state index contributed by atoms with van der Waals surface area (Å²) >= 11 is 8.26. The van der Waals surface area contributed by atoms with Crippen molar-refractivity contribution in [3.8, 4) is 0 Å². The first-order chi connectivity index (χ1) is 34.4. The molecule has 0 bridgehead atoms. The monoisotopic (exact) mass is 1040 g/mol. The van der Waals surface area contributed by atoms with Crippen LogP contribution in [0.4, 0.5) is 0 Å². The van der Waals surface area contributed by atoms with Gasteiger partial charge < -0.3 is 0 Å². The molecule has 7 rings (SSSR count). The van der Waals surface area contributed by atoms with E-state index >= 15 is 0 Å². The molecule has 2 atom stereocenters. The molecular formula is C62H74O2PS5+. The molecular weight excluding hydrogens is 968 g/mol. The largest absolute Gasteiger partial charge is 0.229 e. The van der Waals surface area contributed by atoms with E-state index in [0.717, 1.165) is 48.0 Å². The van der Waals surface area contributed by atoms with Gasteiger partial charge in [0, 0.05) is 45.5 Å². The number of thioether (sulfide) groups is 4. The van der Waals surface area contributed by atoms with Gasteiger partial charge in [0.1, 0.15) is 33.0 Å². The van der Waals surface area contributed by atoms with Crippen LogP contribution in [0.25, 0.3) is 0 Å². The Balaban J connectivity index is 0.000000256. The van der Waals surface area contributed by atoms with Gasteiger partial charge in [-0.05, 0) is 115 Å². The number of hydrogen-bond acceptors (Lipinski definition) is 6. The van der Waals surface area contributed by atoms with Gasteiger partial charge >= 0.3 is 0 Å². The third kappa shape index (κ3) is 20.8. The number of hydrogen-bond donors (Lipinski definition) is 0. The second-order valence-electron chi connectivity index (χ2n) is 18.0. The van der Waals surface area contributed by atoms with Crippen LogP contribution in [0.5, 0.6) is 0 Å². The highest BCUT2D eigenvalue weighted by atomic mass is 32.2. The summed E-state index contributed by atoms with van der Waals surface area (Å²) < 4.78 is 22.6. The first-order valence-corrected chi connectivity index (χ1v) is 33.6. The predicted molar refractivity (Wildman–Crippen MR) is 320 cm³/mol. The number of benzene rings is 7. The van der Waals surface area contributed by atoms with Crippen LogP contribution in [0.15, 0.2) is 212 Å². The molecule has 7 aromatic carbocycles. The molecule has 2 unspecified atom stereocenters. The average molecular weight is 1040 g/mol. The molecule has 0 fully saturated rings. The van der Waals surface area contributed by atoms with Crippen molar-refractivity contribution >= 4 is 80.1 Å². The highest BCUT2D eigenvalue weighted by molar-refractivity contribution is 8.00. The Labute approximate surface area is 440 Å². The number of rotatable bonds is 30. The Hall–Kier alpha value is -3.68. The summed E-state index contributed by atoms with van der Waals surface area (Å²) in [5, 5.41) is 5.80. The molecule has 0 N–H and O–H groups in total. The molecule has 0 aliphatic rings. The molecule has 0 aromatic heterocycles. The third-order valence-electron chi connectivity index (χ3n) is 12.5. The van der Waals surface area contributed by atoms with Crippen molar-refractivity contribution in [2.75, 3.05) is 29.7 Å². The molecule has 8 heteroatoms. The van der Waals surface area contributed by atoms with Gasteiger partial charge in [0.15, 0.2) is 0 Å². The lowest BCUT2D eigenvalue weighted by Crippen LogP contribution is -2.33. The number of sulfone groups is 1. The molecule has 7 aromatic rings. The van der Waals surface area contributed by atoms with Gasteiger partial charge in [-0.15, -0.1) is 0 Å². The van der Waals surface area contributed by atoms with E-state index in [1.165, 1.54) is 94.9 Å². The van der Waals surface area contributed by atoms with E-state index in [0.29, 0.717) is 16.3 Å². The Bertz CT molecular complexity index is 2400. The van der Waals surface area contributed by atoms with E-state index in [4.69, 9.17) is 0 Å². The van der Waals surface area contributed by atoms with Gasteiger partial charge in [-0.3, -0.25) is 0 Å². The molecule has 0 heterocycles. The molecule has 70 heavy (non-hydrogen) atoms. The topological polar surface area (TPSA) is 34.1 Å². The molecule has 0 amide bonds. The average Bonchev–Trinajstić information content (AvgIpc) is 3.41. The summed E-state index contributed by atoms with van der Waals surface area (Å²) in [4.78, 5) is 0. The second-order valence-corrected chi connectivity index (χ2v) is 28.7. The van der Waals surface area contributed by atoms with Crippen LogP contribution in [0.1, 0.15) is 80.0 Å². The zero-order chi connectivity index (χ0) is 48.8. The third-order valence-corrected chi connectivity index (χ3v) is 23.0. The lowest BCUT2D eigenvalue weighted by atomic mass is 10.1. The maximum atomic E-state index is 11.3. The maximum absolute atomic E-state index is 11.3. The van der Waals surface area contributed by atoms with Gasteiger partial charge in [0.2, 0.25) is 0 Å². The minimum Gasteiger partial charge on any atom is -0.229 e. The van der Waals surface area contributed by atoms with Gasteiger partial charge in [-0.2, -0.15) is 47.0 Å². The molecule has 0 saturated heterocycles. The summed E-state index contributed by atoms with van der Waals surface area (Å²) in [7, 11) is -4.57. The van der Waals surface area contributed by atoms with E-state index < -0.39 is 17.1 Å². The Morgan fingerprint density at radius 1 is 0.371 bits per heavy atom. The lowest BCUT2D eigenvalue weighted by Gasteiger charge is -2.28. The fourth-order valence-electron chi connectivity index (χ4n) is 8.67. The van der Waals surface area contributed by atoms with E-state index in [-0.39, 0.29) is 0 Å². The summed E-state index contributed by atoms with van der Waals surface area (Å²) in [5.74, 6) is 7.00. The predicted octanol–water partition coefficient (Wildman–Crippen LogP) is 16.0. The van der Waals surface area contributed by atoms with Crippen LogP contribution in [-0.2, 0) is 32.8 Å². The second kappa shape index (κ2) is 32.4. The molecule has 0 saturated carbocycles. The standard InChI is InChI=1S/C40H44PS2.C22H30O2S3/c1-7-19-35(20-8-1)33-42-32-30-40(43-34-36-21-9-2-10-22-36)29-17-6-18-31-41(37-23-11-3-12-24-37,38-25-13-4-14-26-38)39-27-15-5-16-28-39;1-27(23,24)17-9-8-14-22(26-19-21-12-6-3-7-13-21)15-16-25-18-20-10-4-2-5-11-20/h1-5,7-16,19-28,40H,6,17-18,29-34H2;2-7,10-13,22H,8-9,14-19H2,1H3/q+1;. The smallest absolute Gasteiger partial charge is 0.147 e. The minimum absolute atomic E-state index is 0.311. The first-order valence-electron chi connectivity index (χ1n) is 25.1. The van der Waals surface area contributed by atoms with Crippen LogP contribution in [-0.4, -0.2) is 48.6 Å². The molecule has 0 radical (unpaired) electrons. The van der Waals surface area contributed by atoms with Crippen LogP contribution in [0.3, 0.4) is 0 Å². The first kappa shape index (κ1) is 55.6. The fourth-order valence-corrected chi connectivity index (χ4v) is 18.6. The Kier molecular flexibility index (Phi) is 25.8. The van der Waals surface area contributed by atoms with Gasteiger partial charge in [0.25, 0.3) is 0 Å². The van der Waals surface area contributed by atoms with Crippen LogP contribution in [0, 0.1) is 0 Å². The fraction of sp³-hybridized carbons (Fsp3) is 0.323. The van der Waals surface area contributed by atoms with E-state index in [9.17, 15) is 8.42 Å². The highest BCUT2D eigenvalue weighted by Crippen LogP contribution is 2.56. The van der Waals surface area contributed by atoms with Gasteiger partial charge in [-0.1, -0.05) is 189 Å². The zero-order valence-electron chi connectivity index (χ0n) is 41.2. The SMILES string of the molecule is CS(=O)(=O)CCCCC(CCSCc1ccccc1)SCc1ccccc1.c1ccc(CSCCC(CCCCC[P+](c2ccccc2)(c2ccccc2)c2ccccc2)SCc2ccccc2)cc1. The van der Waals surface area contributed by atoms with Crippen LogP contribution < -0.4 is 15.9 Å². The van der Waals surface area contributed by atoms with Crippen molar-refractivity contribution in [3.05, 3.63) is 235 Å². The molecule has 0 spiro atoms. The van der Waals surface area contributed by atoms with Crippen molar-refractivity contribution in [2.24, 2.45) is 0 Å². The van der Waals surface area contributed by atoms with Crippen molar-refractivity contribution in [3.63, 3.8) is 0 Å². The molecule has 0 aliphatic heterocycles. The van der Waals surface area contributed by atoms with Crippen molar-refractivity contribution < 1.29 is 8.42 Å². The van der Waals surface area contributed by atoms with E-state index in [1.54, 1.807) is 0 Å². The normalized spacial score (nSPS) is 12.4. The maximum Gasteiger partial charge on any atom is 0.147 e. The van der Waals surface area contributed by atoms with E-state index in [1.807, 2.05) is 23.5 Å². The van der Waals surface area contributed by atoms with Crippen LogP contribution in [0.2, 0.25) is 0 Å². The van der Waals surface area contributed by atoms with Crippen molar-refractivity contribution in [2.45, 2.75) is 91.3 Å². The summed E-state index contributed by atoms with van der Waals surface area (Å²) in [6.07, 6.45) is 13.0. The summed E-state index contributed by atoms with van der Waals surface area (Å²) in [6, 6.07) is 77.1. The van der Waals surface area contributed by atoms with Gasteiger partial charge in [0.05, 0.1) is 6.16 Å². The van der Waals surface area contributed by atoms with E-state index in [2.05, 4.69) is 236 Å². The quantitative estimate of drug-likeness (QED) is 0.0330. The number of unbranched alkanes of at least 4 members (excludes halogenated alkanes) is 3. The van der Waals surface area contributed by atoms with Crippen LogP contribution >= 0.6 is 54.3 Å². The summed E-state index contributed by atoms with van der Waals surface area (Å²) in [6.45, 7) is 0. The molecule has 2 nitrogen and oxygen atoms in total. The lowest BCUT2D eigenvalue weighted by molar-refractivity contribution is 0.593. The Morgan fingerprint density at radius 2 is 0.686 bits per heavy atom. The summed E-state index contributed by atoms with van der Waals surface area (Å²) in [5.41, 5.74) is 5.62. The van der Waals surface area contributed by atoms with Crippen molar-refractivity contribution in [1.29, 1.82) is 0 Å². The minimum atomic E-state index is -2.84.